The molecule has 0 radical (unpaired) electrons. The van der Waals surface area contributed by atoms with Gasteiger partial charge in [0, 0.05) is 5.56 Å². The molecule has 0 saturated carbocycles. The highest BCUT2D eigenvalue weighted by Gasteiger charge is 2.19. The molecule has 1 aliphatic rings. The summed E-state index contributed by atoms with van der Waals surface area (Å²) in [5.74, 6) is 1.74. The van der Waals surface area contributed by atoms with Crippen molar-refractivity contribution < 1.29 is 0 Å². The van der Waals surface area contributed by atoms with Crippen LogP contribution in [0.4, 0.5) is 0 Å². The van der Waals surface area contributed by atoms with E-state index < -0.39 is 0 Å². The van der Waals surface area contributed by atoms with Gasteiger partial charge in [0.25, 0.3) is 0 Å². The number of rotatable bonds is 2. The molecule has 2 N–H and O–H groups in total. The zero-order valence-electron chi connectivity index (χ0n) is 9.90. The Morgan fingerprint density at radius 1 is 1.24 bits per heavy atom. The van der Waals surface area contributed by atoms with Crippen molar-refractivity contribution in [2.24, 2.45) is 0 Å². The Balaban J connectivity index is 1.86. The third kappa shape index (κ3) is 2.08. The standard InChI is InChI=1S/C13H16N4/c1-9-4-6-10(7-5-9)12-15-13(17-16-12)11-3-2-8-14-11/h4-7,11,14H,2-3,8H2,1H3,(H,15,16,17). The summed E-state index contributed by atoms with van der Waals surface area (Å²) in [6.07, 6.45) is 2.35. The number of nitrogens with zero attached hydrogens (tertiary/aromatic N) is 2. The number of H-pyrrole nitrogens is 1. The molecular formula is C13H16N4. The van der Waals surface area contributed by atoms with E-state index in [1.807, 2.05) is 0 Å². The van der Waals surface area contributed by atoms with Gasteiger partial charge in [-0.05, 0) is 26.3 Å². The largest absolute Gasteiger partial charge is 0.307 e. The van der Waals surface area contributed by atoms with Gasteiger partial charge in [0.15, 0.2) is 5.82 Å². The van der Waals surface area contributed by atoms with Crippen molar-refractivity contribution in [3.63, 3.8) is 0 Å². The van der Waals surface area contributed by atoms with Crippen molar-refractivity contribution in [3.05, 3.63) is 35.7 Å². The maximum Gasteiger partial charge on any atom is 0.181 e. The highest BCUT2D eigenvalue weighted by atomic mass is 15.2. The Bertz CT molecular complexity index is 494. The molecule has 2 heterocycles. The minimum Gasteiger partial charge on any atom is -0.307 e. The lowest BCUT2D eigenvalue weighted by atomic mass is 10.1. The number of aromatic amines is 1. The van der Waals surface area contributed by atoms with Gasteiger partial charge in [0.1, 0.15) is 5.82 Å². The van der Waals surface area contributed by atoms with Crippen LogP contribution in [0, 0.1) is 6.92 Å². The second-order valence-electron chi connectivity index (χ2n) is 4.56. The van der Waals surface area contributed by atoms with Gasteiger partial charge in [-0.15, -0.1) is 0 Å². The van der Waals surface area contributed by atoms with Gasteiger partial charge >= 0.3 is 0 Å². The highest BCUT2D eigenvalue weighted by molar-refractivity contribution is 5.54. The maximum atomic E-state index is 4.56. The van der Waals surface area contributed by atoms with E-state index in [0.29, 0.717) is 6.04 Å². The molecule has 0 aliphatic carbocycles. The van der Waals surface area contributed by atoms with Crippen LogP contribution in [0.15, 0.2) is 24.3 Å². The Hall–Kier alpha value is -1.68. The third-order valence-electron chi connectivity index (χ3n) is 3.20. The zero-order chi connectivity index (χ0) is 11.7. The minimum atomic E-state index is 0.349. The summed E-state index contributed by atoms with van der Waals surface area (Å²) in [7, 11) is 0. The topological polar surface area (TPSA) is 53.6 Å². The van der Waals surface area contributed by atoms with E-state index in [4.69, 9.17) is 0 Å². The molecule has 4 nitrogen and oxygen atoms in total. The number of hydrogen-bond donors (Lipinski definition) is 2. The first-order chi connectivity index (χ1) is 8.33. The Morgan fingerprint density at radius 2 is 2.06 bits per heavy atom. The number of hydrogen-bond acceptors (Lipinski definition) is 3. The van der Waals surface area contributed by atoms with Gasteiger partial charge in [-0.3, -0.25) is 5.10 Å². The summed E-state index contributed by atoms with van der Waals surface area (Å²) in [6, 6.07) is 8.63. The van der Waals surface area contributed by atoms with Crippen LogP contribution >= 0.6 is 0 Å². The molecule has 1 atom stereocenters. The van der Waals surface area contributed by atoms with Crippen LogP contribution in [0.2, 0.25) is 0 Å². The fourth-order valence-electron chi connectivity index (χ4n) is 2.18. The molecule has 17 heavy (non-hydrogen) atoms. The fourth-order valence-corrected chi connectivity index (χ4v) is 2.18. The predicted octanol–water partition coefficient (Wildman–Crippen LogP) is 2.20. The van der Waals surface area contributed by atoms with E-state index in [1.54, 1.807) is 0 Å². The SMILES string of the molecule is Cc1ccc(-c2n[nH]c(C3CCCN3)n2)cc1. The third-order valence-corrected chi connectivity index (χ3v) is 3.20. The number of nitrogens with one attached hydrogen (secondary N) is 2. The van der Waals surface area contributed by atoms with Crippen LogP contribution < -0.4 is 5.32 Å². The van der Waals surface area contributed by atoms with E-state index in [-0.39, 0.29) is 0 Å². The lowest BCUT2D eigenvalue weighted by Gasteiger charge is -2.03. The first-order valence-electron chi connectivity index (χ1n) is 6.05. The minimum absolute atomic E-state index is 0.349. The van der Waals surface area contributed by atoms with Crippen molar-refractivity contribution in [2.75, 3.05) is 6.54 Å². The molecule has 1 unspecified atom stereocenters. The molecule has 1 fully saturated rings. The van der Waals surface area contributed by atoms with Gasteiger partial charge in [-0.1, -0.05) is 29.8 Å². The molecular weight excluding hydrogens is 212 g/mol. The summed E-state index contributed by atoms with van der Waals surface area (Å²) in [5.41, 5.74) is 2.32. The summed E-state index contributed by atoms with van der Waals surface area (Å²) >= 11 is 0. The van der Waals surface area contributed by atoms with Gasteiger partial charge in [-0.2, -0.15) is 5.10 Å². The van der Waals surface area contributed by atoms with Gasteiger partial charge in [-0.25, -0.2) is 4.98 Å². The smallest absolute Gasteiger partial charge is 0.181 e. The summed E-state index contributed by atoms with van der Waals surface area (Å²) < 4.78 is 0. The van der Waals surface area contributed by atoms with Crippen LogP contribution in [-0.2, 0) is 0 Å². The van der Waals surface area contributed by atoms with E-state index in [9.17, 15) is 0 Å². The lowest BCUT2D eigenvalue weighted by molar-refractivity contribution is 0.608. The maximum absolute atomic E-state index is 4.56. The predicted molar refractivity (Wildman–Crippen MR) is 66.5 cm³/mol. The molecule has 1 saturated heterocycles. The van der Waals surface area contributed by atoms with Crippen LogP contribution in [0.3, 0.4) is 0 Å². The van der Waals surface area contributed by atoms with Crippen LogP contribution in [0.1, 0.15) is 30.3 Å². The quantitative estimate of drug-likeness (QED) is 0.828. The van der Waals surface area contributed by atoms with Gasteiger partial charge in [0.2, 0.25) is 0 Å². The van der Waals surface area contributed by atoms with Crippen LogP contribution in [0.5, 0.6) is 0 Å². The van der Waals surface area contributed by atoms with Crippen molar-refractivity contribution in [2.45, 2.75) is 25.8 Å². The normalized spacial score (nSPS) is 19.7. The van der Waals surface area contributed by atoms with Gasteiger partial charge in [0.05, 0.1) is 6.04 Å². The Morgan fingerprint density at radius 3 is 2.76 bits per heavy atom. The molecule has 3 rings (SSSR count). The van der Waals surface area contributed by atoms with E-state index >= 15 is 0 Å². The fraction of sp³-hybridized carbons (Fsp3) is 0.385. The second-order valence-corrected chi connectivity index (χ2v) is 4.56. The first-order valence-corrected chi connectivity index (χ1v) is 6.05. The van der Waals surface area contributed by atoms with E-state index in [0.717, 1.165) is 30.2 Å². The highest BCUT2D eigenvalue weighted by Crippen LogP contribution is 2.22. The van der Waals surface area contributed by atoms with E-state index in [1.165, 1.54) is 12.0 Å². The summed E-state index contributed by atoms with van der Waals surface area (Å²) in [5, 5.41) is 10.7. The molecule has 4 heteroatoms. The number of aromatic nitrogens is 3. The monoisotopic (exact) mass is 228 g/mol. The molecule has 0 bridgehead atoms. The molecule has 88 valence electrons. The second kappa shape index (κ2) is 4.30. The molecule has 1 aliphatic heterocycles. The summed E-state index contributed by atoms with van der Waals surface area (Å²) in [4.78, 5) is 4.56. The average molecular weight is 228 g/mol. The number of aryl methyl sites for hydroxylation is 1. The van der Waals surface area contributed by atoms with Crippen molar-refractivity contribution in [1.82, 2.24) is 20.5 Å². The molecule has 2 aromatic rings. The summed E-state index contributed by atoms with van der Waals surface area (Å²) in [6.45, 7) is 3.15. The number of benzene rings is 1. The van der Waals surface area contributed by atoms with Gasteiger partial charge < -0.3 is 5.32 Å². The zero-order valence-corrected chi connectivity index (χ0v) is 9.90. The van der Waals surface area contributed by atoms with Crippen molar-refractivity contribution in [1.29, 1.82) is 0 Å². The Labute approximate surface area is 100 Å². The van der Waals surface area contributed by atoms with Crippen molar-refractivity contribution in [3.8, 4) is 11.4 Å². The Kier molecular flexibility index (Phi) is 2.65. The molecule has 0 spiro atoms. The van der Waals surface area contributed by atoms with Crippen LogP contribution in [-0.4, -0.2) is 21.7 Å². The molecule has 0 amide bonds. The first kappa shape index (κ1) is 10.5. The molecule has 1 aromatic heterocycles. The lowest BCUT2D eigenvalue weighted by Crippen LogP contribution is -2.14. The van der Waals surface area contributed by atoms with E-state index in [2.05, 4.69) is 51.7 Å². The molecule has 1 aromatic carbocycles. The van der Waals surface area contributed by atoms with Crippen molar-refractivity contribution >= 4 is 0 Å². The average Bonchev–Trinajstić information content (AvgIpc) is 3.00. The van der Waals surface area contributed by atoms with Crippen LogP contribution in [0.25, 0.3) is 11.4 Å².